The molecule has 2 rings (SSSR count). The summed E-state index contributed by atoms with van der Waals surface area (Å²) >= 11 is 0. The fraction of sp³-hybridized carbons (Fsp3) is 0.385. The fourth-order valence-electron chi connectivity index (χ4n) is 2.12. The van der Waals surface area contributed by atoms with E-state index >= 15 is 0 Å². The first-order valence-corrected chi connectivity index (χ1v) is 6.39. The summed E-state index contributed by atoms with van der Waals surface area (Å²) in [5, 5.41) is 22.3. The summed E-state index contributed by atoms with van der Waals surface area (Å²) in [6.45, 7) is 0.969. The fourth-order valence-corrected chi connectivity index (χ4v) is 2.12. The number of benzene rings is 1. The van der Waals surface area contributed by atoms with Gasteiger partial charge in [-0.2, -0.15) is 0 Å². The van der Waals surface area contributed by atoms with Gasteiger partial charge in [-0.25, -0.2) is 4.79 Å². The van der Waals surface area contributed by atoms with E-state index in [9.17, 15) is 19.7 Å². The third-order valence-electron chi connectivity index (χ3n) is 3.29. The predicted octanol–water partition coefficient (Wildman–Crippen LogP) is 1.66. The number of nitrogens with zero attached hydrogens (tertiary/aromatic N) is 1. The summed E-state index contributed by atoms with van der Waals surface area (Å²) < 4.78 is 5.15. The van der Waals surface area contributed by atoms with Crippen molar-refractivity contribution < 1.29 is 24.4 Å². The largest absolute Gasteiger partial charge is 0.478 e. The molecule has 0 unspecified atom stereocenters. The molecule has 2 N–H and O–H groups in total. The van der Waals surface area contributed by atoms with Crippen molar-refractivity contribution in [2.45, 2.75) is 12.8 Å². The van der Waals surface area contributed by atoms with E-state index in [0.29, 0.717) is 26.1 Å². The van der Waals surface area contributed by atoms with E-state index in [1.54, 1.807) is 0 Å². The number of nitrogens with one attached hydrogen (secondary N) is 1. The molecular formula is C13H14N2O6. The summed E-state index contributed by atoms with van der Waals surface area (Å²) in [6.07, 6.45) is 1.12. The zero-order chi connectivity index (χ0) is 15.4. The lowest BCUT2D eigenvalue weighted by atomic mass is 9.99. The minimum Gasteiger partial charge on any atom is -0.478 e. The molecule has 1 saturated heterocycles. The van der Waals surface area contributed by atoms with Crippen LogP contribution in [0.5, 0.6) is 0 Å². The van der Waals surface area contributed by atoms with Gasteiger partial charge in [-0.3, -0.25) is 14.9 Å². The van der Waals surface area contributed by atoms with Gasteiger partial charge in [0.05, 0.1) is 10.5 Å². The molecule has 112 valence electrons. The van der Waals surface area contributed by atoms with Crippen LogP contribution in [0.3, 0.4) is 0 Å². The summed E-state index contributed by atoms with van der Waals surface area (Å²) in [5.41, 5.74) is -0.637. The number of amides is 1. The lowest BCUT2D eigenvalue weighted by molar-refractivity contribution is -0.384. The lowest BCUT2D eigenvalue weighted by Crippen LogP contribution is -2.28. The highest BCUT2D eigenvalue weighted by atomic mass is 16.6. The number of carboxylic acid groups (broad SMARTS) is 1. The molecule has 0 atom stereocenters. The van der Waals surface area contributed by atoms with E-state index in [1.165, 1.54) is 12.1 Å². The number of hydrogen-bond acceptors (Lipinski definition) is 5. The highest BCUT2D eigenvalue weighted by molar-refractivity contribution is 5.96. The first-order valence-electron chi connectivity index (χ1n) is 6.39. The van der Waals surface area contributed by atoms with Crippen LogP contribution in [0.1, 0.15) is 23.2 Å². The van der Waals surface area contributed by atoms with Crippen LogP contribution in [0, 0.1) is 16.0 Å². The molecule has 1 amide bonds. The maximum absolute atomic E-state index is 12.1. The SMILES string of the molecule is O=C(O)c1ccc(NC(=O)C2CCOCC2)c([N+](=O)[O-])c1. The van der Waals surface area contributed by atoms with Crippen LogP contribution in [-0.4, -0.2) is 35.1 Å². The van der Waals surface area contributed by atoms with Crippen molar-refractivity contribution >= 4 is 23.3 Å². The van der Waals surface area contributed by atoms with Crippen molar-refractivity contribution in [3.05, 3.63) is 33.9 Å². The minimum absolute atomic E-state index is 0.00138. The molecule has 0 bridgehead atoms. The Bertz CT molecular complexity index is 580. The highest BCUT2D eigenvalue weighted by Crippen LogP contribution is 2.27. The molecule has 0 radical (unpaired) electrons. The molecule has 8 nitrogen and oxygen atoms in total. The van der Waals surface area contributed by atoms with Gasteiger partial charge in [0.25, 0.3) is 5.69 Å². The Labute approximate surface area is 119 Å². The number of carboxylic acids is 1. The number of nitro benzene ring substituents is 1. The molecule has 0 aliphatic carbocycles. The van der Waals surface area contributed by atoms with Gasteiger partial charge in [-0.1, -0.05) is 0 Å². The van der Waals surface area contributed by atoms with Gasteiger partial charge in [0.15, 0.2) is 0 Å². The number of hydrogen-bond donors (Lipinski definition) is 2. The van der Waals surface area contributed by atoms with Crippen molar-refractivity contribution in [3.63, 3.8) is 0 Å². The predicted molar refractivity (Wildman–Crippen MR) is 72.2 cm³/mol. The number of rotatable bonds is 4. The molecule has 0 spiro atoms. The Balaban J connectivity index is 2.20. The standard InChI is InChI=1S/C13H14N2O6/c16-12(8-3-5-21-6-4-8)14-10-2-1-9(13(17)18)7-11(10)15(19)20/h1-2,7-8H,3-6H2,(H,14,16)(H,17,18). The number of anilines is 1. The molecule has 1 aromatic carbocycles. The maximum Gasteiger partial charge on any atom is 0.335 e. The van der Waals surface area contributed by atoms with Crippen LogP contribution in [0.4, 0.5) is 11.4 Å². The molecule has 8 heteroatoms. The molecule has 0 aromatic heterocycles. The Morgan fingerprint density at radius 3 is 2.57 bits per heavy atom. The Hall–Kier alpha value is -2.48. The average Bonchev–Trinajstić information content (AvgIpc) is 2.48. The Morgan fingerprint density at radius 1 is 1.33 bits per heavy atom. The summed E-state index contributed by atoms with van der Waals surface area (Å²) in [7, 11) is 0. The first kappa shape index (κ1) is 14.9. The van der Waals surface area contributed by atoms with E-state index < -0.39 is 16.6 Å². The van der Waals surface area contributed by atoms with E-state index in [1.807, 2.05) is 0 Å². The number of carbonyl (C=O) groups excluding carboxylic acids is 1. The van der Waals surface area contributed by atoms with Crippen LogP contribution in [-0.2, 0) is 9.53 Å². The van der Waals surface area contributed by atoms with Gasteiger partial charge in [0.2, 0.25) is 5.91 Å². The summed E-state index contributed by atoms with van der Waals surface area (Å²) in [5.74, 6) is -1.83. The van der Waals surface area contributed by atoms with Crippen LogP contribution < -0.4 is 5.32 Å². The van der Waals surface area contributed by atoms with Gasteiger partial charge < -0.3 is 15.2 Å². The summed E-state index contributed by atoms with van der Waals surface area (Å²) in [4.78, 5) is 33.2. The molecule has 1 fully saturated rings. The van der Waals surface area contributed by atoms with Crippen LogP contribution in [0.15, 0.2) is 18.2 Å². The first-order chi connectivity index (χ1) is 9.99. The second-order valence-electron chi connectivity index (χ2n) is 4.67. The van der Waals surface area contributed by atoms with Crippen molar-refractivity contribution in [1.29, 1.82) is 0 Å². The highest BCUT2D eigenvalue weighted by Gasteiger charge is 2.25. The number of nitro groups is 1. The molecule has 1 heterocycles. The van der Waals surface area contributed by atoms with Gasteiger partial charge >= 0.3 is 5.97 Å². The van der Waals surface area contributed by atoms with Crippen molar-refractivity contribution in [1.82, 2.24) is 0 Å². The van der Waals surface area contributed by atoms with Gasteiger partial charge in [0, 0.05) is 25.2 Å². The van der Waals surface area contributed by atoms with E-state index in [-0.39, 0.29) is 23.1 Å². The second-order valence-corrected chi connectivity index (χ2v) is 4.67. The molecular weight excluding hydrogens is 280 g/mol. The van der Waals surface area contributed by atoms with Gasteiger partial charge in [-0.15, -0.1) is 0 Å². The number of carbonyl (C=O) groups is 2. The molecule has 0 saturated carbocycles. The van der Waals surface area contributed by atoms with E-state index in [2.05, 4.69) is 5.32 Å². The quantitative estimate of drug-likeness (QED) is 0.643. The molecule has 21 heavy (non-hydrogen) atoms. The molecule has 1 aromatic rings. The monoisotopic (exact) mass is 294 g/mol. The maximum atomic E-state index is 12.1. The van der Waals surface area contributed by atoms with Crippen molar-refractivity contribution in [2.24, 2.45) is 5.92 Å². The third-order valence-corrected chi connectivity index (χ3v) is 3.29. The van der Waals surface area contributed by atoms with Crippen LogP contribution in [0.2, 0.25) is 0 Å². The second kappa shape index (κ2) is 6.31. The zero-order valence-corrected chi connectivity index (χ0v) is 11.1. The minimum atomic E-state index is -1.26. The van der Waals surface area contributed by atoms with Crippen molar-refractivity contribution in [3.8, 4) is 0 Å². The topological polar surface area (TPSA) is 119 Å². The number of ether oxygens (including phenoxy) is 1. The number of aromatic carboxylic acids is 1. The lowest BCUT2D eigenvalue weighted by Gasteiger charge is -2.21. The third kappa shape index (κ3) is 3.54. The van der Waals surface area contributed by atoms with Crippen LogP contribution in [0.25, 0.3) is 0 Å². The van der Waals surface area contributed by atoms with Gasteiger partial charge in [-0.05, 0) is 25.0 Å². The van der Waals surface area contributed by atoms with Crippen LogP contribution >= 0.6 is 0 Å². The molecule has 1 aliphatic heterocycles. The Kier molecular flexibility index (Phi) is 4.49. The Morgan fingerprint density at radius 2 is 2.00 bits per heavy atom. The smallest absolute Gasteiger partial charge is 0.335 e. The average molecular weight is 294 g/mol. The summed E-state index contributed by atoms with van der Waals surface area (Å²) in [6, 6.07) is 3.38. The van der Waals surface area contributed by atoms with E-state index in [4.69, 9.17) is 9.84 Å². The van der Waals surface area contributed by atoms with E-state index in [0.717, 1.165) is 6.07 Å². The molecule has 1 aliphatic rings. The normalized spacial score (nSPS) is 15.4. The zero-order valence-electron chi connectivity index (χ0n) is 11.1. The van der Waals surface area contributed by atoms with Crippen molar-refractivity contribution in [2.75, 3.05) is 18.5 Å². The van der Waals surface area contributed by atoms with Gasteiger partial charge in [0.1, 0.15) is 5.69 Å².